The molecule has 2 aromatic rings. The van der Waals surface area contributed by atoms with Crippen LogP contribution in [0, 0.1) is 0 Å². The number of hydrogen-bond donors (Lipinski definition) is 2. The molecule has 10 heteroatoms. The van der Waals surface area contributed by atoms with Crippen LogP contribution in [0.5, 0.6) is 0 Å². The lowest BCUT2D eigenvalue weighted by atomic mass is 9.95. The van der Waals surface area contributed by atoms with Gasteiger partial charge in [-0.15, -0.1) is 0 Å². The van der Waals surface area contributed by atoms with Crippen LogP contribution >= 0.6 is 0 Å². The minimum absolute atomic E-state index is 0.0181. The molecule has 4 rings (SSSR count). The van der Waals surface area contributed by atoms with E-state index in [0.29, 0.717) is 18.5 Å². The van der Waals surface area contributed by atoms with Gasteiger partial charge in [0.15, 0.2) is 0 Å². The molecule has 2 aromatic carbocycles. The molecular formula is C25H33N3O5S2. The van der Waals surface area contributed by atoms with Crippen molar-refractivity contribution >= 4 is 31.6 Å². The molecule has 0 radical (unpaired) electrons. The molecule has 2 saturated carbocycles. The number of benzene rings is 2. The molecule has 0 aromatic heterocycles. The average Bonchev–Trinajstić information content (AvgIpc) is 3.36. The topological polar surface area (TPSA) is 113 Å². The lowest BCUT2D eigenvalue weighted by Crippen LogP contribution is -2.45. The van der Waals surface area contributed by atoms with Gasteiger partial charge in [-0.05, 0) is 62.1 Å². The SMILES string of the molecule is O=C(CN(C1CCCCC1)S(=O)(=O)c1ccc(S(=O)(=O)NC2CCCC2)cc1)Nc1ccccc1. The Bertz CT molecular complexity index is 1200. The number of hydrogen-bond acceptors (Lipinski definition) is 5. The van der Waals surface area contributed by atoms with Crippen LogP contribution in [0.3, 0.4) is 0 Å². The number of nitrogens with zero attached hydrogens (tertiary/aromatic N) is 1. The van der Waals surface area contributed by atoms with Crippen LogP contribution in [0.4, 0.5) is 5.69 Å². The third kappa shape index (κ3) is 6.49. The first kappa shape index (κ1) is 25.8. The monoisotopic (exact) mass is 519 g/mol. The number of rotatable bonds is 9. The highest BCUT2D eigenvalue weighted by molar-refractivity contribution is 7.89. The maximum Gasteiger partial charge on any atom is 0.243 e. The van der Waals surface area contributed by atoms with Gasteiger partial charge in [0, 0.05) is 17.8 Å². The summed E-state index contributed by atoms with van der Waals surface area (Å²) in [6.07, 6.45) is 7.85. The predicted molar refractivity (Wildman–Crippen MR) is 135 cm³/mol. The van der Waals surface area contributed by atoms with Crippen molar-refractivity contribution < 1.29 is 21.6 Å². The molecule has 8 nitrogen and oxygen atoms in total. The molecule has 2 fully saturated rings. The van der Waals surface area contributed by atoms with E-state index in [1.54, 1.807) is 24.3 Å². The fourth-order valence-electron chi connectivity index (χ4n) is 4.90. The van der Waals surface area contributed by atoms with Gasteiger partial charge in [0.1, 0.15) is 0 Å². The Morgan fingerprint density at radius 3 is 1.97 bits per heavy atom. The average molecular weight is 520 g/mol. The maximum absolute atomic E-state index is 13.6. The van der Waals surface area contributed by atoms with Gasteiger partial charge in [0.2, 0.25) is 26.0 Å². The van der Waals surface area contributed by atoms with E-state index in [1.807, 2.05) is 6.07 Å². The zero-order valence-corrected chi connectivity index (χ0v) is 21.4. The summed E-state index contributed by atoms with van der Waals surface area (Å²) in [7, 11) is -7.74. The highest BCUT2D eigenvalue weighted by Gasteiger charge is 2.34. The van der Waals surface area contributed by atoms with Gasteiger partial charge < -0.3 is 5.32 Å². The van der Waals surface area contributed by atoms with E-state index in [4.69, 9.17) is 0 Å². The Labute approximate surface area is 208 Å². The summed E-state index contributed by atoms with van der Waals surface area (Å²) in [4.78, 5) is 12.8. The summed E-state index contributed by atoms with van der Waals surface area (Å²) in [5, 5.41) is 2.77. The Kier molecular flexibility index (Phi) is 8.26. The van der Waals surface area contributed by atoms with Crippen LogP contribution in [-0.2, 0) is 24.8 Å². The van der Waals surface area contributed by atoms with Gasteiger partial charge in [-0.25, -0.2) is 21.6 Å². The largest absolute Gasteiger partial charge is 0.325 e. The van der Waals surface area contributed by atoms with E-state index >= 15 is 0 Å². The van der Waals surface area contributed by atoms with Gasteiger partial charge in [-0.1, -0.05) is 50.3 Å². The molecule has 0 saturated heterocycles. The van der Waals surface area contributed by atoms with Crippen LogP contribution < -0.4 is 10.0 Å². The standard InChI is InChI=1S/C25H33N3O5S2/c29-25(26-20-9-3-1-4-10-20)19-28(22-13-5-2-6-14-22)35(32,33)24-17-15-23(16-18-24)34(30,31)27-21-11-7-8-12-21/h1,3-4,9-10,15-18,21-22,27H,2,5-8,11-14,19H2,(H,26,29). The zero-order chi connectivity index (χ0) is 24.9. The summed E-state index contributed by atoms with van der Waals surface area (Å²) in [5.74, 6) is -0.412. The Morgan fingerprint density at radius 2 is 1.34 bits per heavy atom. The molecular weight excluding hydrogens is 486 g/mol. The van der Waals surface area contributed by atoms with Crippen molar-refractivity contribution in [3.63, 3.8) is 0 Å². The first-order chi connectivity index (χ1) is 16.8. The normalized spacial score (nSPS) is 18.1. The smallest absolute Gasteiger partial charge is 0.243 e. The Morgan fingerprint density at radius 1 is 0.771 bits per heavy atom. The van der Waals surface area contributed by atoms with Crippen LogP contribution in [0.1, 0.15) is 57.8 Å². The van der Waals surface area contributed by atoms with E-state index in [9.17, 15) is 21.6 Å². The summed E-state index contributed by atoms with van der Waals surface area (Å²) in [6.45, 7) is -0.300. The first-order valence-electron chi connectivity index (χ1n) is 12.2. The number of para-hydroxylation sites is 1. The van der Waals surface area contributed by atoms with Crippen molar-refractivity contribution in [1.29, 1.82) is 0 Å². The minimum Gasteiger partial charge on any atom is -0.325 e. The van der Waals surface area contributed by atoms with E-state index in [1.165, 1.54) is 28.6 Å². The van der Waals surface area contributed by atoms with Gasteiger partial charge >= 0.3 is 0 Å². The van der Waals surface area contributed by atoms with Crippen molar-refractivity contribution in [2.24, 2.45) is 0 Å². The lowest BCUT2D eigenvalue weighted by Gasteiger charge is -2.33. The molecule has 0 spiro atoms. The first-order valence-corrected chi connectivity index (χ1v) is 15.2. The summed E-state index contributed by atoms with van der Waals surface area (Å²) < 4.78 is 56.7. The number of carbonyl (C=O) groups is 1. The molecule has 2 aliphatic carbocycles. The van der Waals surface area contributed by atoms with Gasteiger partial charge in [0.25, 0.3) is 0 Å². The Balaban J connectivity index is 1.54. The highest BCUT2D eigenvalue weighted by atomic mass is 32.2. The molecule has 35 heavy (non-hydrogen) atoms. The molecule has 0 heterocycles. The fourth-order valence-corrected chi connectivity index (χ4v) is 7.85. The van der Waals surface area contributed by atoms with Crippen molar-refractivity contribution in [2.45, 2.75) is 79.7 Å². The second-order valence-corrected chi connectivity index (χ2v) is 12.9. The van der Waals surface area contributed by atoms with Crippen LogP contribution in [-0.4, -0.2) is 45.7 Å². The van der Waals surface area contributed by atoms with E-state index < -0.39 is 26.0 Å². The molecule has 190 valence electrons. The van der Waals surface area contributed by atoms with E-state index in [-0.39, 0.29) is 28.4 Å². The molecule has 0 unspecified atom stereocenters. The molecule has 0 aliphatic heterocycles. The van der Waals surface area contributed by atoms with Gasteiger partial charge in [0.05, 0.1) is 16.3 Å². The highest BCUT2D eigenvalue weighted by Crippen LogP contribution is 2.29. The molecule has 2 N–H and O–H groups in total. The fraction of sp³-hybridized carbons (Fsp3) is 0.480. The number of anilines is 1. The van der Waals surface area contributed by atoms with Crippen molar-refractivity contribution in [2.75, 3.05) is 11.9 Å². The number of sulfonamides is 2. The molecule has 2 aliphatic rings. The van der Waals surface area contributed by atoms with Crippen molar-refractivity contribution in [1.82, 2.24) is 9.03 Å². The molecule has 1 amide bonds. The van der Waals surface area contributed by atoms with E-state index in [2.05, 4.69) is 10.0 Å². The van der Waals surface area contributed by atoms with Crippen molar-refractivity contribution in [3.05, 3.63) is 54.6 Å². The molecule has 0 bridgehead atoms. The second kappa shape index (κ2) is 11.2. The van der Waals surface area contributed by atoms with Crippen LogP contribution in [0.2, 0.25) is 0 Å². The van der Waals surface area contributed by atoms with Crippen LogP contribution in [0.15, 0.2) is 64.4 Å². The lowest BCUT2D eigenvalue weighted by molar-refractivity contribution is -0.116. The summed E-state index contributed by atoms with van der Waals surface area (Å²) in [5.41, 5.74) is 0.600. The quantitative estimate of drug-likeness (QED) is 0.522. The second-order valence-electron chi connectivity index (χ2n) is 9.33. The number of nitrogens with one attached hydrogen (secondary N) is 2. The Hall–Kier alpha value is -2.27. The van der Waals surface area contributed by atoms with Crippen molar-refractivity contribution in [3.8, 4) is 0 Å². The maximum atomic E-state index is 13.6. The third-order valence-electron chi connectivity index (χ3n) is 6.76. The predicted octanol–water partition coefficient (Wildman–Crippen LogP) is 3.87. The zero-order valence-electron chi connectivity index (χ0n) is 19.7. The summed E-state index contributed by atoms with van der Waals surface area (Å²) in [6, 6.07) is 13.9. The summed E-state index contributed by atoms with van der Waals surface area (Å²) >= 11 is 0. The van der Waals surface area contributed by atoms with Gasteiger partial charge in [-0.3, -0.25) is 4.79 Å². The van der Waals surface area contributed by atoms with E-state index in [0.717, 1.165) is 44.9 Å². The van der Waals surface area contributed by atoms with Gasteiger partial charge in [-0.2, -0.15) is 4.31 Å². The van der Waals surface area contributed by atoms with Crippen LogP contribution in [0.25, 0.3) is 0 Å². The molecule has 0 atom stereocenters. The minimum atomic E-state index is -4.02. The number of carbonyl (C=O) groups excluding carboxylic acids is 1. The third-order valence-corrected chi connectivity index (χ3v) is 10.2. The number of amides is 1.